The molecule has 0 fully saturated rings. The highest BCUT2D eigenvalue weighted by molar-refractivity contribution is 7.09. The predicted octanol–water partition coefficient (Wildman–Crippen LogP) is 2.51. The van der Waals surface area contributed by atoms with Crippen LogP contribution in [0.4, 0.5) is 18.3 Å². The van der Waals surface area contributed by atoms with Gasteiger partial charge in [0.1, 0.15) is 0 Å². The van der Waals surface area contributed by atoms with Crippen LogP contribution in [0.15, 0.2) is 0 Å². The molecule has 0 aliphatic heterocycles. The van der Waals surface area contributed by atoms with Crippen molar-refractivity contribution in [2.75, 3.05) is 18.0 Å². The minimum Gasteiger partial charge on any atom is -0.343 e. The third-order valence-corrected chi connectivity index (χ3v) is 3.42. The molecule has 1 rings (SSSR count). The lowest BCUT2D eigenvalue weighted by atomic mass is 10.1. The van der Waals surface area contributed by atoms with Crippen LogP contribution in [-0.4, -0.2) is 28.5 Å². The Kier molecular flexibility index (Phi) is 5.33. The lowest BCUT2D eigenvalue weighted by Crippen LogP contribution is -2.38. The third-order valence-electron chi connectivity index (χ3n) is 2.67. The molecule has 0 aliphatic rings. The van der Waals surface area contributed by atoms with E-state index in [4.69, 9.17) is 5.73 Å². The Hall–Kier alpha value is -0.890. The summed E-state index contributed by atoms with van der Waals surface area (Å²) in [6.45, 7) is 4.84. The summed E-state index contributed by atoms with van der Waals surface area (Å²) in [5.74, 6) is -1.07. The van der Waals surface area contributed by atoms with Gasteiger partial charge < -0.3 is 10.6 Å². The van der Waals surface area contributed by atoms with Gasteiger partial charge in [0.15, 0.2) is 0 Å². The van der Waals surface area contributed by atoms with E-state index in [1.807, 2.05) is 18.7 Å². The molecule has 1 heterocycles. The van der Waals surface area contributed by atoms with Crippen molar-refractivity contribution >= 4 is 16.7 Å². The second-order valence-electron chi connectivity index (χ2n) is 3.85. The minimum atomic E-state index is -4.49. The van der Waals surface area contributed by atoms with E-state index >= 15 is 0 Å². The fourth-order valence-corrected chi connectivity index (χ4v) is 2.54. The average molecular weight is 282 g/mol. The first-order chi connectivity index (χ1) is 8.43. The van der Waals surface area contributed by atoms with Crippen LogP contribution in [0.1, 0.15) is 32.5 Å². The van der Waals surface area contributed by atoms with Crippen molar-refractivity contribution in [3.8, 4) is 0 Å². The highest BCUT2D eigenvalue weighted by Crippen LogP contribution is 2.31. The van der Waals surface area contributed by atoms with E-state index in [1.165, 1.54) is 0 Å². The Balaban J connectivity index is 2.95. The zero-order valence-corrected chi connectivity index (χ0v) is 11.2. The van der Waals surface area contributed by atoms with Gasteiger partial charge in [-0.25, -0.2) is 0 Å². The number of nitrogens with zero attached hydrogens (tertiary/aromatic N) is 3. The number of halogens is 3. The zero-order valence-electron chi connectivity index (χ0n) is 10.4. The van der Waals surface area contributed by atoms with Crippen LogP contribution in [0.3, 0.4) is 0 Å². The van der Waals surface area contributed by atoms with E-state index in [2.05, 4.69) is 9.36 Å². The van der Waals surface area contributed by atoms with Gasteiger partial charge in [0.05, 0.1) is 0 Å². The molecule has 0 bridgehead atoms. The molecule has 1 aromatic rings. The molecule has 1 aromatic heterocycles. The summed E-state index contributed by atoms with van der Waals surface area (Å²) in [5, 5.41) is 0.293. The number of rotatable bonds is 6. The van der Waals surface area contributed by atoms with Crippen LogP contribution in [0.2, 0.25) is 0 Å². The van der Waals surface area contributed by atoms with Crippen LogP contribution in [0.5, 0.6) is 0 Å². The van der Waals surface area contributed by atoms with Crippen molar-refractivity contribution in [3.63, 3.8) is 0 Å². The standard InChI is InChI=1S/C10H17F3N4S/c1-3-7(4-2)17(6-5-14)9-15-8(16-18-9)10(11,12)13/h7H,3-6,14H2,1-2H3. The van der Waals surface area contributed by atoms with Gasteiger partial charge in [-0.15, -0.1) is 0 Å². The summed E-state index contributed by atoms with van der Waals surface area (Å²) in [7, 11) is 0. The number of anilines is 1. The van der Waals surface area contributed by atoms with Gasteiger partial charge in [-0.05, 0) is 12.8 Å². The second kappa shape index (κ2) is 6.33. The maximum atomic E-state index is 12.5. The second-order valence-corrected chi connectivity index (χ2v) is 4.58. The van der Waals surface area contributed by atoms with E-state index in [0.29, 0.717) is 18.2 Å². The van der Waals surface area contributed by atoms with Gasteiger partial charge in [0, 0.05) is 30.7 Å². The molecule has 104 valence electrons. The van der Waals surface area contributed by atoms with Crippen LogP contribution in [0.25, 0.3) is 0 Å². The van der Waals surface area contributed by atoms with Crippen molar-refractivity contribution in [1.82, 2.24) is 9.36 Å². The Labute approximate surface area is 108 Å². The normalized spacial score (nSPS) is 12.2. The van der Waals surface area contributed by atoms with Crippen molar-refractivity contribution in [1.29, 1.82) is 0 Å². The zero-order chi connectivity index (χ0) is 13.8. The third kappa shape index (κ3) is 3.55. The molecule has 0 spiro atoms. The molecule has 2 N–H and O–H groups in total. The van der Waals surface area contributed by atoms with E-state index < -0.39 is 12.0 Å². The van der Waals surface area contributed by atoms with Gasteiger partial charge >= 0.3 is 6.18 Å². The largest absolute Gasteiger partial charge is 0.452 e. The van der Waals surface area contributed by atoms with Gasteiger partial charge in [-0.2, -0.15) is 22.5 Å². The van der Waals surface area contributed by atoms with Crippen molar-refractivity contribution < 1.29 is 13.2 Å². The summed E-state index contributed by atoms with van der Waals surface area (Å²) in [5.41, 5.74) is 5.50. The van der Waals surface area contributed by atoms with E-state index in [9.17, 15) is 13.2 Å². The van der Waals surface area contributed by atoms with Gasteiger partial charge in [0.25, 0.3) is 0 Å². The van der Waals surface area contributed by atoms with Crippen LogP contribution < -0.4 is 10.6 Å². The Morgan fingerprint density at radius 3 is 2.33 bits per heavy atom. The maximum Gasteiger partial charge on any atom is 0.452 e. The van der Waals surface area contributed by atoms with E-state index in [0.717, 1.165) is 24.4 Å². The lowest BCUT2D eigenvalue weighted by molar-refractivity contribution is -0.144. The summed E-state index contributed by atoms with van der Waals surface area (Å²) in [4.78, 5) is 5.38. The molecule has 0 aromatic carbocycles. The fourth-order valence-electron chi connectivity index (χ4n) is 1.75. The summed E-state index contributed by atoms with van der Waals surface area (Å²) in [6, 6.07) is 0.141. The Bertz CT molecular complexity index is 362. The van der Waals surface area contributed by atoms with Crippen LogP contribution in [0, 0.1) is 0 Å². The van der Waals surface area contributed by atoms with Gasteiger partial charge in [-0.1, -0.05) is 13.8 Å². The fraction of sp³-hybridized carbons (Fsp3) is 0.800. The predicted molar refractivity (Wildman–Crippen MR) is 65.7 cm³/mol. The monoisotopic (exact) mass is 282 g/mol. The molecular weight excluding hydrogens is 265 g/mol. The first-order valence-electron chi connectivity index (χ1n) is 5.81. The smallest absolute Gasteiger partial charge is 0.343 e. The first kappa shape index (κ1) is 15.2. The molecule has 4 nitrogen and oxygen atoms in total. The lowest BCUT2D eigenvalue weighted by Gasteiger charge is -2.29. The SMILES string of the molecule is CCC(CC)N(CCN)c1nc(C(F)(F)F)ns1. The van der Waals surface area contributed by atoms with Crippen LogP contribution >= 0.6 is 11.5 Å². The number of hydrogen-bond donors (Lipinski definition) is 1. The number of alkyl halides is 3. The Morgan fingerprint density at radius 1 is 1.33 bits per heavy atom. The van der Waals surface area contributed by atoms with Crippen molar-refractivity contribution in [3.05, 3.63) is 5.82 Å². The average Bonchev–Trinajstić information content (AvgIpc) is 2.78. The molecule has 0 amide bonds. The van der Waals surface area contributed by atoms with Crippen LogP contribution in [-0.2, 0) is 6.18 Å². The topological polar surface area (TPSA) is 55.0 Å². The molecule has 0 atom stereocenters. The molecule has 0 aliphatic carbocycles. The molecule has 0 unspecified atom stereocenters. The molecule has 18 heavy (non-hydrogen) atoms. The highest BCUT2D eigenvalue weighted by Gasteiger charge is 2.37. The Morgan fingerprint density at radius 2 is 1.94 bits per heavy atom. The molecule has 0 radical (unpaired) electrons. The quantitative estimate of drug-likeness (QED) is 0.871. The highest BCUT2D eigenvalue weighted by atomic mass is 32.1. The minimum absolute atomic E-state index is 0.141. The van der Waals surface area contributed by atoms with Gasteiger partial charge in [0.2, 0.25) is 11.0 Å². The molecular formula is C10H17F3N4S. The summed E-state index contributed by atoms with van der Waals surface area (Å²) in [6.07, 6.45) is -2.83. The van der Waals surface area contributed by atoms with E-state index in [-0.39, 0.29) is 6.04 Å². The molecule has 0 saturated heterocycles. The van der Waals surface area contributed by atoms with Gasteiger partial charge in [-0.3, -0.25) is 0 Å². The first-order valence-corrected chi connectivity index (χ1v) is 6.58. The number of aromatic nitrogens is 2. The number of nitrogens with two attached hydrogens (primary N) is 1. The number of hydrogen-bond acceptors (Lipinski definition) is 5. The van der Waals surface area contributed by atoms with Crippen molar-refractivity contribution in [2.45, 2.75) is 38.9 Å². The summed E-state index contributed by atoms with van der Waals surface area (Å²) < 4.78 is 40.7. The van der Waals surface area contributed by atoms with Crippen molar-refractivity contribution in [2.24, 2.45) is 5.73 Å². The molecule has 8 heteroatoms. The summed E-state index contributed by atoms with van der Waals surface area (Å²) >= 11 is 0.773. The maximum absolute atomic E-state index is 12.5. The van der Waals surface area contributed by atoms with E-state index in [1.54, 1.807) is 0 Å². The molecule has 0 saturated carbocycles.